The molecule has 2 atom stereocenters. The second kappa shape index (κ2) is 5.40. The number of benzene rings is 1. The number of likely N-dealkylation sites (N-methyl/N-ethyl adjacent to an activating group) is 1. The first-order valence-electron chi connectivity index (χ1n) is 6.40. The highest BCUT2D eigenvalue weighted by Gasteiger charge is 2.31. The molecule has 2 N–H and O–H groups in total. The first kappa shape index (κ1) is 12.9. The Hall–Kier alpha value is -1.55. The Labute approximate surface area is 108 Å². The lowest BCUT2D eigenvalue weighted by Gasteiger charge is -2.28. The first-order valence-corrected chi connectivity index (χ1v) is 6.40. The van der Waals surface area contributed by atoms with Crippen molar-refractivity contribution in [1.29, 1.82) is 0 Å². The minimum atomic E-state index is -0.521. The average molecular weight is 248 g/mol. The Bertz CT molecular complexity index is 432. The average Bonchev–Trinajstić information content (AvgIpc) is 2.86. The van der Waals surface area contributed by atoms with Crippen LogP contribution in [0.25, 0.3) is 0 Å². The van der Waals surface area contributed by atoms with Crippen molar-refractivity contribution in [3.05, 3.63) is 29.8 Å². The second-order valence-electron chi connectivity index (χ2n) is 4.70. The number of hydrogen-bond donors (Lipinski definition) is 2. The fraction of sp³-hybridized carbons (Fsp3) is 0.500. The second-order valence-corrected chi connectivity index (χ2v) is 4.70. The van der Waals surface area contributed by atoms with Gasteiger partial charge in [0.1, 0.15) is 6.04 Å². The molecular formula is C14H20N2O2. The molecule has 1 unspecified atom stereocenters. The molecule has 1 amide bonds. The maximum absolute atomic E-state index is 11.9. The SMILES string of the molecule is CNC(=O)C1CCCN1c1ccccc1[C@@H](C)O. The third-order valence-electron chi connectivity index (χ3n) is 3.50. The lowest BCUT2D eigenvalue weighted by atomic mass is 10.1. The first-order chi connectivity index (χ1) is 8.65. The van der Waals surface area contributed by atoms with Crippen molar-refractivity contribution in [1.82, 2.24) is 5.32 Å². The highest BCUT2D eigenvalue weighted by molar-refractivity contribution is 5.86. The van der Waals surface area contributed by atoms with E-state index < -0.39 is 6.10 Å². The van der Waals surface area contributed by atoms with Crippen LogP contribution in [0.3, 0.4) is 0 Å². The Kier molecular flexibility index (Phi) is 3.87. The van der Waals surface area contributed by atoms with Crippen molar-refractivity contribution in [3.63, 3.8) is 0 Å². The molecular weight excluding hydrogens is 228 g/mol. The van der Waals surface area contributed by atoms with Crippen LogP contribution in [0.2, 0.25) is 0 Å². The van der Waals surface area contributed by atoms with Gasteiger partial charge in [-0.3, -0.25) is 4.79 Å². The predicted molar refractivity (Wildman–Crippen MR) is 71.5 cm³/mol. The molecule has 0 saturated carbocycles. The molecule has 1 aromatic rings. The minimum absolute atomic E-state index is 0.0490. The van der Waals surface area contributed by atoms with Crippen molar-refractivity contribution in [2.24, 2.45) is 0 Å². The van der Waals surface area contributed by atoms with Crippen LogP contribution in [0, 0.1) is 0 Å². The van der Waals surface area contributed by atoms with Crippen LogP contribution in [0.4, 0.5) is 5.69 Å². The zero-order valence-electron chi connectivity index (χ0n) is 10.9. The Morgan fingerprint density at radius 2 is 2.22 bits per heavy atom. The topological polar surface area (TPSA) is 52.6 Å². The van der Waals surface area contributed by atoms with E-state index in [0.717, 1.165) is 30.6 Å². The van der Waals surface area contributed by atoms with Gasteiger partial charge in [0.15, 0.2) is 0 Å². The third-order valence-corrected chi connectivity index (χ3v) is 3.50. The van der Waals surface area contributed by atoms with E-state index in [-0.39, 0.29) is 11.9 Å². The summed E-state index contributed by atoms with van der Waals surface area (Å²) in [6, 6.07) is 7.63. The number of nitrogens with zero attached hydrogens (tertiary/aromatic N) is 1. The van der Waals surface area contributed by atoms with E-state index >= 15 is 0 Å². The van der Waals surface area contributed by atoms with Gasteiger partial charge in [-0.15, -0.1) is 0 Å². The van der Waals surface area contributed by atoms with Crippen molar-refractivity contribution < 1.29 is 9.90 Å². The van der Waals surface area contributed by atoms with E-state index in [1.54, 1.807) is 14.0 Å². The summed E-state index contributed by atoms with van der Waals surface area (Å²) in [4.78, 5) is 14.0. The van der Waals surface area contributed by atoms with Gasteiger partial charge in [-0.1, -0.05) is 18.2 Å². The molecule has 2 rings (SSSR count). The normalized spacial score (nSPS) is 20.8. The number of para-hydroxylation sites is 1. The zero-order valence-corrected chi connectivity index (χ0v) is 10.9. The van der Waals surface area contributed by atoms with Gasteiger partial charge in [0.05, 0.1) is 6.10 Å². The molecule has 4 heteroatoms. The van der Waals surface area contributed by atoms with Gasteiger partial charge < -0.3 is 15.3 Å². The van der Waals surface area contributed by atoms with E-state index in [9.17, 15) is 9.90 Å². The monoisotopic (exact) mass is 248 g/mol. The molecule has 0 aromatic heterocycles. The van der Waals surface area contributed by atoms with Crippen LogP contribution in [-0.2, 0) is 4.79 Å². The van der Waals surface area contributed by atoms with Gasteiger partial charge in [-0.25, -0.2) is 0 Å². The molecule has 4 nitrogen and oxygen atoms in total. The molecule has 1 heterocycles. The fourth-order valence-electron chi connectivity index (χ4n) is 2.60. The summed E-state index contributed by atoms with van der Waals surface area (Å²) in [6.07, 6.45) is 1.35. The van der Waals surface area contributed by atoms with E-state index in [2.05, 4.69) is 10.2 Å². The van der Waals surface area contributed by atoms with Crippen LogP contribution in [0.1, 0.15) is 31.4 Å². The molecule has 98 valence electrons. The van der Waals surface area contributed by atoms with Crippen molar-refractivity contribution in [2.75, 3.05) is 18.5 Å². The van der Waals surface area contributed by atoms with Gasteiger partial charge in [-0.2, -0.15) is 0 Å². The van der Waals surface area contributed by atoms with Crippen LogP contribution in [0.5, 0.6) is 0 Å². The molecule has 18 heavy (non-hydrogen) atoms. The molecule has 1 saturated heterocycles. The minimum Gasteiger partial charge on any atom is -0.389 e. The molecule has 0 radical (unpaired) electrons. The number of carbonyl (C=O) groups is 1. The molecule has 1 aromatic carbocycles. The summed E-state index contributed by atoms with van der Waals surface area (Å²) >= 11 is 0. The summed E-state index contributed by atoms with van der Waals surface area (Å²) in [5.41, 5.74) is 1.85. The lowest BCUT2D eigenvalue weighted by molar-refractivity contribution is -0.121. The number of anilines is 1. The number of hydrogen-bond acceptors (Lipinski definition) is 3. The van der Waals surface area contributed by atoms with Crippen molar-refractivity contribution in [2.45, 2.75) is 31.9 Å². The predicted octanol–water partition coefficient (Wildman–Crippen LogP) is 1.45. The van der Waals surface area contributed by atoms with Gasteiger partial charge in [0, 0.05) is 24.8 Å². The van der Waals surface area contributed by atoms with E-state index in [1.165, 1.54) is 0 Å². The maximum atomic E-state index is 11.9. The summed E-state index contributed by atoms with van der Waals surface area (Å²) in [6.45, 7) is 2.62. The molecule has 0 bridgehead atoms. The van der Waals surface area contributed by atoms with Crippen molar-refractivity contribution >= 4 is 11.6 Å². The van der Waals surface area contributed by atoms with Crippen LogP contribution in [-0.4, -0.2) is 30.6 Å². The number of amides is 1. The van der Waals surface area contributed by atoms with E-state index in [1.807, 2.05) is 24.3 Å². The van der Waals surface area contributed by atoms with Gasteiger partial charge in [0.25, 0.3) is 0 Å². The highest BCUT2D eigenvalue weighted by Crippen LogP contribution is 2.31. The highest BCUT2D eigenvalue weighted by atomic mass is 16.3. The Morgan fingerprint density at radius 3 is 2.89 bits per heavy atom. The summed E-state index contributed by atoms with van der Waals surface area (Å²) in [5.74, 6) is 0.0490. The molecule has 1 fully saturated rings. The number of nitrogens with one attached hydrogen (secondary N) is 1. The Morgan fingerprint density at radius 1 is 1.50 bits per heavy atom. The molecule has 0 aliphatic carbocycles. The largest absolute Gasteiger partial charge is 0.389 e. The van der Waals surface area contributed by atoms with Gasteiger partial charge >= 0.3 is 0 Å². The quantitative estimate of drug-likeness (QED) is 0.851. The number of rotatable bonds is 3. The lowest BCUT2D eigenvalue weighted by Crippen LogP contribution is -2.42. The van der Waals surface area contributed by atoms with E-state index in [0.29, 0.717) is 0 Å². The molecule has 1 aliphatic rings. The number of carbonyl (C=O) groups excluding carboxylic acids is 1. The summed E-state index contributed by atoms with van der Waals surface area (Å²) in [5, 5.41) is 12.5. The molecule has 1 aliphatic heterocycles. The summed E-state index contributed by atoms with van der Waals surface area (Å²) < 4.78 is 0. The van der Waals surface area contributed by atoms with Crippen LogP contribution >= 0.6 is 0 Å². The van der Waals surface area contributed by atoms with Gasteiger partial charge in [0.2, 0.25) is 5.91 Å². The van der Waals surface area contributed by atoms with Crippen LogP contribution < -0.4 is 10.2 Å². The third kappa shape index (κ3) is 2.34. The number of aliphatic hydroxyl groups excluding tert-OH is 1. The van der Waals surface area contributed by atoms with Crippen LogP contribution in [0.15, 0.2) is 24.3 Å². The summed E-state index contributed by atoms with van der Waals surface area (Å²) in [7, 11) is 1.67. The van der Waals surface area contributed by atoms with Gasteiger partial charge in [-0.05, 0) is 25.8 Å². The van der Waals surface area contributed by atoms with Crippen molar-refractivity contribution in [3.8, 4) is 0 Å². The maximum Gasteiger partial charge on any atom is 0.242 e. The standard InChI is InChI=1S/C14H20N2O2/c1-10(17)11-6-3-4-7-12(11)16-9-5-8-13(16)14(18)15-2/h3-4,6-7,10,13,17H,5,8-9H2,1-2H3,(H,15,18)/t10-,13?/m1/s1. The Balaban J connectivity index is 2.33. The van der Waals surface area contributed by atoms with E-state index in [4.69, 9.17) is 0 Å². The smallest absolute Gasteiger partial charge is 0.242 e. The number of aliphatic hydroxyl groups is 1. The fourth-order valence-corrected chi connectivity index (χ4v) is 2.60. The molecule has 0 spiro atoms. The zero-order chi connectivity index (χ0) is 13.1.